The largest absolute Gasteiger partial charge is 0.353 e. The molecule has 102 valence electrons. The number of rotatable bonds is 5. The van der Waals surface area contributed by atoms with E-state index in [-0.39, 0.29) is 17.4 Å². The van der Waals surface area contributed by atoms with Crippen molar-refractivity contribution in [3.63, 3.8) is 0 Å². The molecule has 0 saturated heterocycles. The average molecular weight is 269 g/mol. The summed E-state index contributed by atoms with van der Waals surface area (Å²) in [6, 6.07) is 0.187. The summed E-state index contributed by atoms with van der Waals surface area (Å²) in [6.07, 6.45) is 0. The molecule has 0 aliphatic carbocycles. The fraction of sp³-hybridized carbons (Fsp3) is 0.692. The highest BCUT2D eigenvalue weighted by Crippen LogP contribution is 2.23. The standard InChI is InChI=1S/C13H23N3OS/c1-9(2)15-11(17)6-14-7-12-16-10(8-18-12)13(3,4)5/h8-9,14H,6-7H2,1-5H3,(H,15,17). The minimum atomic E-state index is 0.0256. The Balaban J connectivity index is 2.36. The van der Waals surface area contributed by atoms with Gasteiger partial charge < -0.3 is 10.6 Å². The van der Waals surface area contributed by atoms with Crippen LogP contribution in [0.5, 0.6) is 0 Å². The zero-order valence-corrected chi connectivity index (χ0v) is 12.6. The number of carbonyl (C=O) groups is 1. The topological polar surface area (TPSA) is 54.0 Å². The monoisotopic (exact) mass is 269 g/mol. The van der Waals surface area contributed by atoms with E-state index in [1.807, 2.05) is 13.8 Å². The van der Waals surface area contributed by atoms with Crippen molar-refractivity contribution in [2.75, 3.05) is 6.54 Å². The van der Waals surface area contributed by atoms with Crippen molar-refractivity contribution in [2.45, 2.75) is 52.6 Å². The van der Waals surface area contributed by atoms with Crippen LogP contribution < -0.4 is 10.6 Å². The Hall–Kier alpha value is -0.940. The average Bonchev–Trinajstić information content (AvgIpc) is 2.64. The van der Waals surface area contributed by atoms with Gasteiger partial charge >= 0.3 is 0 Å². The van der Waals surface area contributed by atoms with Crippen LogP contribution in [0.4, 0.5) is 0 Å². The molecule has 4 nitrogen and oxygen atoms in total. The van der Waals surface area contributed by atoms with E-state index in [9.17, 15) is 4.79 Å². The Morgan fingerprint density at radius 2 is 2.11 bits per heavy atom. The van der Waals surface area contributed by atoms with Gasteiger partial charge in [-0.2, -0.15) is 0 Å². The third-order valence-corrected chi connectivity index (χ3v) is 3.18. The summed E-state index contributed by atoms with van der Waals surface area (Å²) in [5.74, 6) is 0.0256. The maximum absolute atomic E-state index is 11.4. The minimum Gasteiger partial charge on any atom is -0.353 e. The van der Waals surface area contributed by atoms with Crippen LogP contribution in [0, 0.1) is 0 Å². The third kappa shape index (κ3) is 5.14. The van der Waals surface area contributed by atoms with Crippen molar-refractivity contribution in [2.24, 2.45) is 0 Å². The smallest absolute Gasteiger partial charge is 0.234 e. The van der Waals surface area contributed by atoms with Gasteiger partial charge in [-0.15, -0.1) is 11.3 Å². The van der Waals surface area contributed by atoms with Gasteiger partial charge in [0.25, 0.3) is 0 Å². The number of hydrogen-bond acceptors (Lipinski definition) is 4. The molecule has 0 unspecified atom stereocenters. The van der Waals surface area contributed by atoms with Gasteiger partial charge in [0.05, 0.1) is 12.2 Å². The molecule has 0 aliphatic rings. The van der Waals surface area contributed by atoms with Crippen molar-refractivity contribution in [1.82, 2.24) is 15.6 Å². The molecule has 0 fully saturated rings. The van der Waals surface area contributed by atoms with Crippen molar-refractivity contribution in [1.29, 1.82) is 0 Å². The molecule has 18 heavy (non-hydrogen) atoms. The number of aromatic nitrogens is 1. The zero-order chi connectivity index (χ0) is 13.8. The van der Waals surface area contributed by atoms with Crippen LogP contribution in [-0.4, -0.2) is 23.5 Å². The summed E-state index contributed by atoms with van der Waals surface area (Å²) in [7, 11) is 0. The molecule has 0 bridgehead atoms. The summed E-state index contributed by atoms with van der Waals surface area (Å²) >= 11 is 1.64. The molecule has 0 atom stereocenters. The predicted octanol–water partition coefficient (Wildman–Crippen LogP) is 2.05. The van der Waals surface area contributed by atoms with Crippen LogP contribution in [0.25, 0.3) is 0 Å². The Bertz CT molecular complexity index is 393. The van der Waals surface area contributed by atoms with Crippen LogP contribution in [0.15, 0.2) is 5.38 Å². The number of hydrogen-bond donors (Lipinski definition) is 2. The van der Waals surface area contributed by atoms with E-state index in [4.69, 9.17) is 0 Å². The molecule has 0 radical (unpaired) electrons. The highest BCUT2D eigenvalue weighted by atomic mass is 32.1. The number of amides is 1. The Morgan fingerprint density at radius 1 is 1.44 bits per heavy atom. The maximum Gasteiger partial charge on any atom is 0.234 e. The first-order chi connectivity index (χ1) is 8.29. The highest BCUT2D eigenvalue weighted by Gasteiger charge is 2.17. The van der Waals surface area contributed by atoms with Gasteiger partial charge in [0.15, 0.2) is 0 Å². The predicted molar refractivity (Wildman–Crippen MR) is 75.8 cm³/mol. The first kappa shape index (κ1) is 15.1. The third-order valence-electron chi connectivity index (χ3n) is 2.33. The van der Waals surface area contributed by atoms with Crippen molar-refractivity contribution in [3.05, 3.63) is 16.1 Å². The lowest BCUT2D eigenvalue weighted by molar-refractivity contribution is -0.120. The van der Waals surface area contributed by atoms with Crippen molar-refractivity contribution >= 4 is 17.2 Å². The normalized spacial score (nSPS) is 11.9. The first-order valence-corrected chi connectivity index (χ1v) is 7.12. The molecule has 0 spiro atoms. The summed E-state index contributed by atoms with van der Waals surface area (Å²) in [4.78, 5) is 16.0. The Labute approximate surface area is 113 Å². The SMILES string of the molecule is CC(C)NC(=O)CNCc1nc(C(C)(C)C)cs1. The zero-order valence-electron chi connectivity index (χ0n) is 11.8. The second-order valence-electron chi connectivity index (χ2n) is 5.70. The second kappa shape index (κ2) is 6.29. The molecule has 0 aromatic carbocycles. The van der Waals surface area contributed by atoms with Crippen LogP contribution >= 0.6 is 11.3 Å². The van der Waals surface area contributed by atoms with Crippen LogP contribution in [0.2, 0.25) is 0 Å². The van der Waals surface area contributed by atoms with E-state index in [0.29, 0.717) is 13.1 Å². The van der Waals surface area contributed by atoms with Crippen molar-refractivity contribution in [3.8, 4) is 0 Å². The van der Waals surface area contributed by atoms with E-state index < -0.39 is 0 Å². The van der Waals surface area contributed by atoms with Crippen LogP contribution in [0.3, 0.4) is 0 Å². The Kier molecular flexibility index (Phi) is 5.28. The summed E-state index contributed by atoms with van der Waals surface area (Å²) < 4.78 is 0. The first-order valence-electron chi connectivity index (χ1n) is 6.24. The second-order valence-corrected chi connectivity index (χ2v) is 6.64. The lowest BCUT2D eigenvalue weighted by Gasteiger charge is -2.14. The van der Waals surface area contributed by atoms with Gasteiger partial charge in [-0.25, -0.2) is 4.98 Å². The van der Waals surface area contributed by atoms with Gasteiger partial charge in [-0.05, 0) is 13.8 Å². The fourth-order valence-electron chi connectivity index (χ4n) is 1.39. The van der Waals surface area contributed by atoms with E-state index in [1.54, 1.807) is 11.3 Å². The van der Waals surface area contributed by atoms with Crippen molar-refractivity contribution < 1.29 is 4.79 Å². The molecule has 0 saturated carbocycles. The van der Waals surface area contributed by atoms with Gasteiger partial charge in [0.1, 0.15) is 5.01 Å². The number of thiazole rings is 1. The molecule has 1 aromatic rings. The molecule has 5 heteroatoms. The fourth-order valence-corrected chi connectivity index (χ4v) is 2.38. The van der Waals surface area contributed by atoms with E-state index in [2.05, 4.69) is 41.8 Å². The molecule has 0 aliphatic heterocycles. The molecule has 1 heterocycles. The number of nitrogens with one attached hydrogen (secondary N) is 2. The lowest BCUT2D eigenvalue weighted by atomic mass is 9.93. The summed E-state index contributed by atoms with van der Waals surface area (Å²) in [6.45, 7) is 11.3. The quantitative estimate of drug-likeness (QED) is 0.860. The number of nitrogens with zero attached hydrogens (tertiary/aromatic N) is 1. The highest BCUT2D eigenvalue weighted by molar-refractivity contribution is 7.09. The van der Waals surface area contributed by atoms with Gasteiger partial charge in [-0.1, -0.05) is 20.8 Å². The van der Waals surface area contributed by atoms with Crippen LogP contribution in [0.1, 0.15) is 45.3 Å². The molecule has 2 N–H and O–H groups in total. The lowest BCUT2D eigenvalue weighted by Crippen LogP contribution is -2.37. The van der Waals surface area contributed by atoms with E-state index >= 15 is 0 Å². The van der Waals surface area contributed by atoms with E-state index in [1.165, 1.54) is 0 Å². The molecule has 1 rings (SSSR count). The summed E-state index contributed by atoms with van der Waals surface area (Å²) in [5.41, 5.74) is 1.19. The Morgan fingerprint density at radius 3 is 2.61 bits per heavy atom. The molecular formula is C13H23N3OS. The van der Waals surface area contributed by atoms with Gasteiger partial charge in [0.2, 0.25) is 5.91 Å². The van der Waals surface area contributed by atoms with Gasteiger partial charge in [-0.3, -0.25) is 4.79 Å². The summed E-state index contributed by atoms with van der Waals surface area (Å²) in [5, 5.41) is 9.06. The van der Waals surface area contributed by atoms with E-state index in [0.717, 1.165) is 10.7 Å². The number of carbonyl (C=O) groups excluding carboxylic acids is 1. The molecule has 1 amide bonds. The minimum absolute atomic E-state index is 0.0256. The maximum atomic E-state index is 11.4. The molecule has 1 aromatic heterocycles. The van der Waals surface area contributed by atoms with Crippen LogP contribution in [-0.2, 0) is 16.8 Å². The van der Waals surface area contributed by atoms with Gasteiger partial charge in [0, 0.05) is 23.4 Å². The molecular weight excluding hydrogens is 246 g/mol.